The Morgan fingerprint density at radius 2 is 0.933 bits per heavy atom. The van der Waals surface area contributed by atoms with Gasteiger partial charge in [-0.3, -0.25) is 0 Å². The Morgan fingerprint density at radius 1 is 0.567 bits per heavy atom. The van der Waals surface area contributed by atoms with Gasteiger partial charge in [-0.15, -0.1) is 0 Å². The average molecular weight is 559 g/mol. The van der Waals surface area contributed by atoms with Crippen LogP contribution in [-0.4, -0.2) is 35.8 Å². The van der Waals surface area contributed by atoms with Crippen LogP contribution in [0, 0.1) is 0 Å². The van der Waals surface area contributed by atoms with E-state index < -0.39 is 56.8 Å². The maximum Gasteiger partial charge on any atom is 0.460 e. The minimum absolute atomic E-state index is 0.184. The van der Waals surface area contributed by atoms with Gasteiger partial charge in [0.15, 0.2) is 0 Å². The molecule has 0 fully saturated rings. The van der Waals surface area contributed by atoms with Crippen LogP contribution in [0.1, 0.15) is 5.56 Å². The molecule has 0 saturated heterocycles. The molecule has 0 nitrogen and oxygen atoms in total. The molecule has 0 unspecified atom stereocenters. The van der Waals surface area contributed by atoms with Gasteiger partial charge in [0.25, 0.3) is 0 Å². The third kappa shape index (κ3) is 3.50. The fourth-order valence-corrected chi connectivity index (χ4v) is 2.54. The van der Waals surface area contributed by atoms with Crippen molar-refractivity contribution < 1.29 is 65.9 Å². The summed E-state index contributed by atoms with van der Waals surface area (Å²) in [6.45, 7) is 0. The number of alkyl halides is 15. The molecule has 1 aromatic carbocycles. The predicted molar refractivity (Wildman–Crippen MR) is 73.8 cm³/mol. The highest BCUT2D eigenvalue weighted by molar-refractivity contribution is 9.10. The van der Waals surface area contributed by atoms with E-state index in [0.717, 1.165) is 0 Å². The molecule has 30 heavy (non-hydrogen) atoms. The van der Waals surface area contributed by atoms with Crippen LogP contribution in [0.5, 0.6) is 0 Å². The van der Waals surface area contributed by atoms with Crippen LogP contribution in [-0.2, 0) is 5.92 Å². The summed E-state index contributed by atoms with van der Waals surface area (Å²) in [4.78, 5) is 0. The summed E-state index contributed by atoms with van der Waals surface area (Å²) in [5, 5.41) is -0.868. The number of hydrogen-bond acceptors (Lipinski definition) is 0. The van der Waals surface area contributed by atoms with E-state index in [1.165, 1.54) is 0 Å². The molecule has 0 radical (unpaired) electrons. The molecule has 0 heterocycles. The van der Waals surface area contributed by atoms with Gasteiger partial charge >= 0.3 is 41.7 Å². The van der Waals surface area contributed by atoms with E-state index in [1.807, 2.05) is 0 Å². The largest absolute Gasteiger partial charge is 0.460 e. The van der Waals surface area contributed by atoms with E-state index in [-0.39, 0.29) is 6.07 Å². The summed E-state index contributed by atoms with van der Waals surface area (Å²) >= 11 is 7.33. The molecule has 0 saturated carbocycles. The zero-order valence-electron chi connectivity index (χ0n) is 13.2. The van der Waals surface area contributed by atoms with Gasteiger partial charge in [-0.25, -0.2) is 0 Å². The zero-order chi connectivity index (χ0) is 24.4. The number of hydrogen-bond donors (Lipinski definition) is 0. The Kier molecular flexibility index (Phi) is 6.51. The maximum absolute atomic E-state index is 14.0. The zero-order valence-corrected chi connectivity index (χ0v) is 15.5. The van der Waals surface area contributed by atoms with Gasteiger partial charge < -0.3 is 0 Å². The van der Waals surface area contributed by atoms with Crippen molar-refractivity contribution in [2.24, 2.45) is 0 Å². The number of rotatable bonds is 6. The molecular weight excluding hydrogens is 556 g/mol. The van der Waals surface area contributed by atoms with Crippen LogP contribution in [0.3, 0.4) is 0 Å². The average Bonchev–Trinajstić information content (AvgIpc) is 2.54. The number of benzene rings is 1. The third-order valence-electron chi connectivity index (χ3n) is 3.59. The van der Waals surface area contributed by atoms with E-state index in [0.29, 0.717) is 12.1 Å². The van der Waals surface area contributed by atoms with Gasteiger partial charge in [0.1, 0.15) is 0 Å². The molecular formula is C13H3BrClF15. The van der Waals surface area contributed by atoms with Gasteiger partial charge in [0.05, 0.1) is 0 Å². The van der Waals surface area contributed by atoms with Crippen molar-refractivity contribution in [2.75, 3.05) is 0 Å². The van der Waals surface area contributed by atoms with Gasteiger partial charge in [0, 0.05) is 15.1 Å². The molecule has 0 bridgehead atoms. The Balaban J connectivity index is 3.72. The van der Waals surface area contributed by atoms with Crippen LogP contribution >= 0.6 is 27.5 Å². The Labute approximate surface area is 169 Å². The first-order valence-corrected chi connectivity index (χ1v) is 7.87. The molecule has 1 aromatic rings. The van der Waals surface area contributed by atoms with Crippen molar-refractivity contribution in [1.82, 2.24) is 0 Å². The van der Waals surface area contributed by atoms with Crippen molar-refractivity contribution in [1.29, 1.82) is 0 Å². The summed E-state index contributed by atoms with van der Waals surface area (Å²) in [6, 6.07) is 0.939. The highest BCUT2D eigenvalue weighted by atomic mass is 79.9. The summed E-state index contributed by atoms with van der Waals surface area (Å²) in [5.41, 5.74) is -2.28. The normalized spacial score (nSPS) is 15.5. The van der Waals surface area contributed by atoms with Gasteiger partial charge in [-0.2, -0.15) is 65.9 Å². The predicted octanol–water partition coefficient (Wildman–Crippen LogP) is 7.93. The van der Waals surface area contributed by atoms with Crippen molar-refractivity contribution in [3.63, 3.8) is 0 Å². The topological polar surface area (TPSA) is 0 Å². The molecule has 0 amide bonds. The van der Waals surface area contributed by atoms with E-state index in [9.17, 15) is 65.9 Å². The maximum atomic E-state index is 14.0. The molecule has 0 aliphatic heterocycles. The molecule has 174 valence electrons. The van der Waals surface area contributed by atoms with Gasteiger partial charge in [0.2, 0.25) is 0 Å². The molecule has 0 aromatic heterocycles. The molecule has 17 heteroatoms. The van der Waals surface area contributed by atoms with E-state index >= 15 is 0 Å². The van der Waals surface area contributed by atoms with E-state index in [4.69, 9.17) is 11.6 Å². The second kappa shape index (κ2) is 7.24. The number of halogens is 17. The molecule has 0 aliphatic rings. The van der Waals surface area contributed by atoms with Crippen LogP contribution in [0.15, 0.2) is 22.7 Å². The monoisotopic (exact) mass is 558 g/mol. The van der Waals surface area contributed by atoms with Crippen LogP contribution < -0.4 is 0 Å². The van der Waals surface area contributed by atoms with E-state index in [1.54, 1.807) is 0 Å². The van der Waals surface area contributed by atoms with Gasteiger partial charge in [-0.05, 0) is 18.2 Å². The first-order valence-electron chi connectivity index (χ1n) is 6.70. The van der Waals surface area contributed by atoms with Crippen LogP contribution in [0.25, 0.3) is 0 Å². The quantitative estimate of drug-likeness (QED) is 0.311. The first kappa shape index (κ1) is 27.0. The lowest BCUT2D eigenvalue weighted by molar-refractivity contribution is -0.453. The standard InChI is InChI=1S/C13H3BrClF15/c14-6-2-1-4(15)3-5(6)7(16,17)8(18,19)9(20,21)10(22,23)11(24,25)12(26,27)13(28,29)30/h1-3H. The lowest BCUT2D eigenvalue weighted by Crippen LogP contribution is -2.72. The second-order valence-electron chi connectivity index (χ2n) is 5.57. The molecule has 0 aliphatic carbocycles. The SMILES string of the molecule is FC(F)(F)C(F)(F)C(F)(F)C(F)(F)C(F)(F)C(F)(F)C(F)(F)c1cc(Cl)ccc1Br. The van der Waals surface area contributed by atoms with Crippen molar-refractivity contribution in [3.8, 4) is 0 Å². The van der Waals surface area contributed by atoms with Gasteiger partial charge in [-0.1, -0.05) is 27.5 Å². The Morgan fingerprint density at radius 3 is 1.33 bits per heavy atom. The molecule has 0 spiro atoms. The van der Waals surface area contributed by atoms with Crippen molar-refractivity contribution >= 4 is 27.5 Å². The third-order valence-corrected chi connectivity index (χ3v) is 4.52. The fourth-order valence-electron chi connectivity index (χ4n) is 1.87. The highest BCUT2D eigenvalue weighted by Crippen LogP contribution is 2.64. The molecule has 1 rings (SSSR count). The summed E-state index contributed by atoms with van der Waals surface area (Å²) in [7, 11) is 0. The fraction of sp³-hybridized carbons (Fsp3) is 0.538. The summed E-state index contributed by atoms with van der Waals surface area (Å²) in [6.07, 6.45) is -7.64. The lowest BCUT2D eigenvalue weighted by atomic mass is 9.88. The molecule has 0 N–H and O–H groups in total. The van der Waals surface area contributed by atoms with Crippen molar-refractivity contribution in [2.45, 2.75) is 41.7 Å². The summed E-state index contributed by atoms with van der Waals surface area (Å²) in [5.74, 6) is -46.9. The van der Waals surface area contributed by atoms with Crippen molar-refractivity contribution in [3.05, 3.63) is 33.3 Å². The minimum atomic E-state index is -8.32. The highest BCUT2D eigenvalue weighted by Gasteiger charge is 2.93. The first-order chi connectivity index (χ1) is 12.9. The molecule has 0 atom stereocenters. The van der Waals surface area contributed by atoms with Crippen LogP contribution in [0.4, 0.5) is 65.9 Å². The Hall–Kier alpha value is -1.06. The van der Waals surface area contributed by atoms with E-state index in [2.05, 4.69) is 15.9 Å². The lowest BCUT2D eigenvalue weighted by Gasteiger charge is -2.41. The minimum Gasteiger partial charge on any atom is -0.194 e. The van der Waals surface area contributed by atoms with Crippen LogP contribution in [0.2, 0.25) is 5.02 Å². The summed E-state index contributed by atoms with van der Waals surface area (Å²) < 4.78 is 196. The smallest absolute Gasteiger partial charge is 0.194 e. The second-order valence-corrected chi connectivity index (χ2v) is 6.86. The Bertz CT molecular complexity index is 798.